The van der Waals surface area contributed by atoms with Crippen molar-refractivity contribution < 1.29 is 13.2 Å². The van der Waals surface area contributed by atoms with Gasteiger partial charge in [0.15, 0.2) is 5.82 Å². The average Bonchev–Trinajstić information content (AvgIpc) is 2.71. The quantitative estimate of drug-likeness (QED) is 0.407. The zero-order valence-electron chi connectivity index (χ0n) is 15.0. The fourth-order valence-electron chi connectivity index (χ4n) is 3.06. The molecule has 0 unspecified atom stereocenters. The molecule has 0 aliphatic rings. The summed E-state index contributed by atoms with van der Waals surface area (Å²) in [5.41, 5.74) is 1.67. The molecule has 1 N–H and O–H groups in total. The molecule has 0 atom stereocenters. The average molecular weight is 414 g/mol. The molecular weight excluding hydrogens is 399 g/mol. The molecule has 7 heteroatoms. The van der Waals surface area contributed by atoms with Crippen molar-refractivity contribution in [1.29, 1.82) is 0 Å². The lowest BCUT2D eigenvalue weighted by atomic mass is 10.0. The van der Waals surface area contributed by atoms with E-state index in [4.69, 9.17) is 11.6 Å². The fraction of sp³-hybridized carbons (Fsp3) is 0.0909. The van der Waals surface area contributed by atoms with Crippen LogP contribution in [0.25, 0.3) is 10.8 Å². The minimum atomic E-state index is -4.37. The Hall–Kier alpha value is -3.12. The van der Waals surface area contributed by atoms with Gasteiger partial charge in [-0.25, -0.2) is 0 Å². The first-order valence-corrected chi connectivity index (χ1v) is 9.21. The van der Waals surface area contributed by atoms with Gasteiger partial charge in [-0.15, -0.1) is 5.10 Å². The maximum atomic E-state index is 12.8. The Labute approximate surface area is 170 Å². The Morgan fingerprint density at radius 1 is 0.793 bits per heavy atom. The van der Waals surface area contributed by atoms with Crippen LogP contribution in [0, 0.1) is 0 Å². The van der Waals surface area contributed by atoms with Crippen molar-refractivity contribution in [2.75, 3.05) is 5.32 Å². The summed E-state index contributed by atoms with van der Waals surface area (Å²) >= 11 is 5.94. The molecule has 3 nitrogen and oxygen atoms in total. The summed E-state index contributed by atoms with van der Waals surface area (Å²) < 4.78 is 38.3. The van der Waals surface area contributed by atoms with Crippen LogP contribution in [0.4, 0.5) is 24.7 Å². The maximum Gasteiger partial charge on any atom is 0.416 e. The van der Waals surface area contributed by atoms with E-state index in [9.17, 15) is 13.2 Å². The molecule has 0 bridgehead atoms. The van der Waals surface area contributed by atoms with E-state index in [1.807, 2.05) is 48.5 Å². The van der Waals surface area contributed by atoms with Crippen molar-refractivity contribution in [1.82, 2.24) is 10.2 Å². The van der Waals surface area contributed by atoms with Crippen molar-refractivity contribution in [3.8, 4) is 0 Å². The summed E-state index contributed by atoms with van der Waals surface area (Å²) in [5.74, 6) is 0.486. The van der Waals surface area contributed by atoms with Gasteiger partial charge in [0.1, 0.15) is 0 Å². The predicted octanol–water partition coefficient (Wildman–Crippen LogP) is 6.64. The molecule has 4 aromatic rings. The number of halogens is 4. The third kappa shape index (κ3) is 4.32. The van der Waals surface area contributed by atoms with Crippen LogP contribution >= 0.6 is 11.6 Å². The smallest absolute Gasteiger partial charge is 0.338 e. The third-order valence-electron chi connectivity index (χ3n) is 4.52. The maximum absolute atomic E-state index is 12.8. The summed E-state index contributed by atoms with van der Waals surface area (Å²) in [6.07, 6.45) is -3.78. The first-order valence-electron chi connectivity index (χ1n) is 8.83. The molecule has 0 amide bonds. The highest BCUT2D eigenvalue weighted by Crippen LogP contribution is 2.31. The van der Waals surface area contributed by atoms with E-state index >= 15 is 0 Å². The van der Waals surface area contributed by atoms with Crippen LogP contribution in [0.3, 0.4) is 0 Å². The summed E-state index contributed by atoms with van der Waals surface area (Å²) in [5, 5.41) is 14.1. The molecule has 4 rings (SSSR count). The van der Waals surface area contributed by atoms with Gasteiger partial charge in [0.25, 0.3) is 0 Å². The minimum absolute atomic E-state index is 0.486. The van der Waals surface area contributed by atoms with Gasteiger partial charge >= 0.3 is 6.18 Å². The SMILES string of the molecule is FC(F)(F)c1ccc(Nc2nnc(Cc3ccc(Cl)cc3)c3ccccc23)cc1. The second-order valence-corrected chi connectivity index (χ2v) is 6.98. The van der Waals surface area contributed by atoms with Crippen LogP contribution in [0.2, 0.25) is 5.02 Å². The van der Waals surface area contributed by atoms with Gasteiger partial charge in [-0.3, -0.25) is 0 Å². The van der Waals surface area contributed by atoms with E-state index in [1.54, 1.807) is 0 Å². The number of aromatic nitrogens is 2. The Morgan fingerprint density at radius 2 is 1.45 bits per heavy atom. The van der Waals surface area contributed by atoms with Gasteiger partial charge < -0.3 is 5.32 Å². The van der Waals surface area contributed by atoms with E-state index in [0.717, 1.165) is 34.2 Å². The van der Waals surface area contributed by atoms with Gasteiger partial charge in [0, 0.05) is 27.9 Å². The van der Waals surface area contributed by atoms with Crippen LogP contribution in [0.1, 0.15) is 16.8 Å². The standard InChI is InChI=1S/C22H15ClF3N3/c23-16-9-5-14(6-10-16)13-20-18-3-1-2-4-19(18)21(29-28-20)27-17-11-7-15(8-12-17)22(24,25)26/h1-12H,13H2,(H,27,29). The van der Waals surface area contributed by atoms with Crippen LogP contribution in [-0.4, -0.2) is 10.2 Å². The van der Waals surface area contributed by atoms with E-state index in [-0.39, 0.29) is 0 Å². The molecule has 0 spiro atoms. The van der Waals surface area contributed by atoms with Gasteiger partial charge in [0.2, 0.25) is 0 Å². The lowest BCUT2D eigenvalue weighted by Crippen LogP contribution is -2.05. The van der Waals surface area contributed by atoms with Crippen LogP contribution < -0.4 is 5.32 Å². The lowest BCUT2D eigenvalue weighted by Gasteiger charge is -2.12. The van der Waals surface area contributed by atoms with Gasteiger partial charge in [-0.2, -0.15) is 18.3 Å². The predicted molar refractivity (Wildman–Crippen MR) is 109 cm³/mol. The Balaban J connectivity index is 1.65. The highest BCUT2D eigenvalue weighted by atomic mass is 35.5. The number of benzene rings is 3. The molecule has 0 aliphatic carbocycles. The van der Waals surface area contributed by atoms with Crippen molar-refractivity contribution in [2.45, 2.75) is 12.6 Å². The van der Waals surface area contributed by atoms with Crippen molar-refractivity contribution >= 4 is 33.9 Å². The van der Waals surface area contributed by atoms with Crippen molar-refractivity contribution in [3.63, 3.8) is 0 Å². The summed E-state index contributed by atoms with van der Waals surface area (Å²) in [6.45, 7) is 0. The van der Waals surface area contributed by atoms with Crippen molar-refractivity contribution in [2.24, 2.45) is 0 Å². The van der Waals surface area contributed by atoms with Crippen LogP contribution in [0.15, 0.2) is 72.8 Å². The minimum Gasteiger partial charge on any atom is -0.338 e. The number of hydrogen-bond acceptors (Lipinski definition) is 3. The molecule has 0 saturated carbocycles. The topological polar surface area (TPSA) is 37.8 Å². The first-order chi connectivity index (χ1) is 13.9. The molecule has 29 heavy (non-hydrogen) atoms. The second kappa shape index (κ2) is 7.72. The highest BCUT2D eigenvalue weighted by molar-refractivity contribution is 6.30. The second-order valence-electron chi connectivity index (χ2n) is 6.54. The number of rotatable bonds is 4. The first kappa shape index (κ1) is 19.2. The number of nitrogens with zero attached hydrogens (tertiary/aromatic N) is 2. The van der Waals surface area contributed by atoms with Gasteiger partial charge in [-0.1, -0.05) is 48.0 Å². The molecule has 1 aromatic heterocycles. The number of nitrogens with one attached hydrogen (secondary N) is 1. The van der Waals surface area contributed by atoms with Crippen molar-refractivity contribution in [3.05, 3.63) is 94.6 Å². The summed E-state index contributed by atoms with van der Waals surface area (Å²) in [7, 11) is 0. The van der Waals surface area contributed by atoms with E-state index in [0.29, 0.717) is 22.9 Å². The molecule has 1 heterocycles. The number of anilines is 2. The molecule has 0 saturated heterocycles. The summed E-state index contributed by atoms with van der Waals surface area (Å²) in [6, 6.07) is 20.0. The largest absolute Gasteiger partial charge is 0.416 e. The van der Waals surface area contributed by atoms with Crippen LogP contribution in [-0.2, 0) is 12.6 Å². The zero-order valence-corrected chi connectivity index (χ0v) is 15.8. The van der Waals surface area contributed by atoms with E-state index in [2.05, 4.69) is 15.5 Å². The lowest BCUT2D eigenvalue weighted by molar-refractivity contribution is -0.137. The number of hydrogen-bond donors (Lipinski definition) is 1. The molecule has 3 aromatic carbocycles. The summed E-state index contributed by atoms with van der Waals surface area (Å²) in [4.78, 5) is 0. The van der Waals surface area contributed by atoms with Gasteiger partial charge in [-0.05, 0) is 42.0 Å². The normalized spacial score (nSPS) is 11.6. The zero-order chi connectivity index (χ0) is 20.4. The Kier molecular flexibility index (Phi) is 5.11. The fourth-order valence-corrected chi connectivity index (χ4v) is 3.18. The highest BCUT2D eigenvalue weighted by Gasteiger charge is 2.29. The molecular formula is C22H15ClF3N3. The van der Waals surface area contributed by atoms with E-state index < -0.39 is 11.7 Å². The third-order valence-corrected chi connectivity index (χ3v) is 4.78. The molecule has 0 radical (unpaired) electrons. The Bertz CT molecular complexity index is 1140. The molecule has 146 valence electrons. The molecule has 0 fully saturated rings. The number of alkyl halides is 3. The van der Waals surface area contributed by atoms with Crippen LogP contribution in [0.5, 0.6) is 0 Å². The van der Waals surface area contributed by atoms with Gasteiger partial charge in [0.05, 0.1) is 11.3 Å². The Morgan fingerprint density at radius 3 is 2.10 bits per heavy atom. The van der Waals surface area contributed by atoms with E-state index in [1.165, 1.54) is 12.1 Å². The monoisotopic (exact) mass is 413 g/mol. The molecule has 0 aliphatic heterocycles. The number of fused-ring (bicyclic) bond motifs is 1.